The highest BCUT2D eigenvalue weighted by atomic mass is 32.1. The first-order valence-electron chi connectivity index (χ1n) is 9.06. The number of hydrogen-bond donors (Lipinski definition) is 3. The van der Waals surface area contributed by atoms with Crippen LogP contribution in [0.4, 0.5) is 4.79 Å². The SMILES string of the molecule is CC(C)CCNC(=O)NC(=O)C[NH+]1CCc2sccc2[C@H]1c1cccs1. The third-order valence-corrected chi connectivity index (χ3v) is 6.58. The lowest BCUT2D eigenvalue weighted by molar-refractivity contribution is -0.919. The molecular weight excluding hydrogens is 366 g/mol. The molecule has 0 aliphatic carbocycles. The Bertz CT molecular complexity index is 740. The lowest BCUT2D eigenvalue weighted by atomic mass is 9.98. The molecule has 7 heteroatoms. The summed E-state index contributed by atoms with van der Waals surface area (Å²) in [6.07, 6.45) is 1.89. The zero-order chi connectivity index (χ0) is 18.5. The van der Waals surface area contributed by atoms with Gasteiger partial charge in [-0.1, -0.05) is 19.9 Å². The van der Waals surface area contributed by atoms with Gasteiger partial charge in [-0.05, 0) is 35.2 Å². The van der Waals surface area contributed by atoms with Gasteiger partial charge < -0.3 is 10.2 Å². The molecule has 1 aliphatic heterocycles. The summed E-state index contributed by atoms with van der Waals surface area (Å²) in [7, 11) is 0. The summed E-state index contributed by atoms with van der Waals surface area (Å²) in [4.78, 5) is 28.2. The fourth-order valence-electron chi connectivity index (χ4n) is 3.35. The van der Waals surface area contributed by atoms with Crippen LogP contribution in [0.5, 0.6) is 0 Å². The van der Waals surface area contributed by atoms with Gasteiger partial charge in [-0.15, -0.1) is 22.7 Å². The van der Waals surface area contributed by atoms with Gasteiger partial charge in [0, 0.05) is 23.4 Å². The smallest absolute Gasteiger partial charge is 0.321 e. The van der Waals surface area contributed by atoms with E-state index in [2.05, 4.69) is 53.4 Å². The van der Waals surface area contributed by atoms with Gasteiger partial charge in [-0.25, -0.2) is 4.79 Å². The second-order valence-corrected chi connectivity index (χ2v) is 9.05. The molecule has 3 amide bonds. The fourth-order valence-corrected chi connectivity index (χ4v) is 5.17. The zero-order valence-corrected chi connectivity index (χ0v) is 16.8. The second kappa shape index (κ2) is 8.79. The molecule has 1 unspecified atom stereocenters. The number of fused-ring (bicyclic) bond motifs is 1. The molecule has 0 bridgehead atoms. The Morgan fingerprint density at radius 2 is 2.12 bits per heavy atom. The zero-order valence-electron chi connectivity index (χ0n) is 15.2. The van der Waals surface area contributed by atoms with Crippen molar-refractivity contribution in [1.29, 1.82) is 0 Å². The molecule has 0 saturated heterocycles. The normalized spacial score (nSPS) is 19.2. The highest BCUT2D eigenvalue weighted by molar-refractivity contribution is 7.10. The number of imide groups is 1. The maximum absolute atomic E-state index is 12.4. The summed E-state index contributed by atoms with van der Waals surface area (Å²) in [5.41, 5.74) is 1.33. The van der Waals surface area contributed by atoms with Crippen LogP contribution in [0.25, 0.3) is 0 Å². The molecule has 0 fully saturated rings. The van der Waals surface area contributed by atoms with Crippen molar-refractivity contribution in [1.82, 2.24) is 10.6 Å². The standard InChI is InChI=1S/C19H25N3O2S2/c1-13(2)5-8-20-19(24)21-17(23)12-22-9-6-15-14(7-11-26-15)18(22)16-4-3-10-25-16/h3-4,7,10-11,13,18H,5-6,8-9,12H2,1-2H3,(H2,20,21,23,24)/p+1/t18-/m0/s1. The lowest BCUT2D eigenvalue weighted by Crippen LogP contribution is -3.14. The first-order chi connectivity index (χ1) is 12.5. The van der Waals surface area contributed by atoms with E-state index in [1.54, 1.807) is 22.7 Å². The predicted molar refractivity (Wildman–Crippen MR) is 106 cm³/mol. The monoisotopic (exact) mass is 392 g/mol. The Labute approximate surface area is 162 Å². The molecule has 0 radical (unpaired) electrons. The largest absolute Gasteiger partial charge is 0.338 e. The number of carbonyl (C=O) groups is 2. The number of hydrogen-bond acceptors (Lipinski definition) is 4. The number of amides is 3. The molecule has 0 saturated carbocycles. The van der Waals surface area contributed by atoms with Crippen molar-refractivity contribution in [2.24, 2.45) is 5.92 Å². The van der Waals surface area contributed by atoms with Crippen molar-refractivity contribution >= 4 is 34.6 Å². The molecule has 2 aromatic heterocycles. The summed E-state index contributed by atoms with van der Waals surface area (Å²) >= 11 is 3.52. The molecule has 140 valence electrons. The number of urea groups is 1. The third-order valence-electron chi connectivity index (χ3n) is 4.65. The van der Waals surface area contributed by atoms with Crippen molar-refractivity contribution in [2.45, 2.75) is 32.7 Å². The molecule has 5 nitrogen and oxygen atoms in total. The van der Waals surface area contributed by atoms with Crippen LogP contribution in [0.1, 0.15) is 41.6 Å². The van der Waals surface area contributed by atoms with Crippen molar-refractivity contribution in [3.05, 3.63) is 44.3 Å². The van der Waals surface area contributed by atoms with Crippen molar-refractivity contribution in [2.75, 3.05) is 19.6 Å². The molecule has 0 spiro atoms. The number of nitrogens with one attached hydrogen (secondary N) is 3. The fraction of sp³-hybridized carbons (Fsp3) is 0.474. The minimum Gasteiger partial charge on any atom is -0.338 e. The van der Waals surface area contributed by atoms with E-state index in [4.69, 9.17) is 0 Å². The summed E-state index contributed by atoms with van der Waals surface area (Å²) in [5, 5.41) is 9.45. The van der Waals surface area contributed by atoms with Gasteiger partial charge in [-0.2, -0.15) is 0 Å². The number of thiophene rings is 2. The van der Waals surface area contributed by atoms with Gasteiger partial charge in [0.15, 0.2) is 6.54 Å². The Balaban J connectivity index is 1.61. The molecule has 2 atom stereocenters. The topological polar surface area (TPSA) is 62.6 Å². The van der Waals surface area contributed by atoms with Gasteiger partial charge in [0.1, 0.15) is 6.04 Å². The molecular formula is C19H26N3O2S2+. The highest BCUT2D eigenvalue weighted by Crippen LogP contribution is 2.31. The maximum Gasteiger partial charge on any atom is 0.321 e. The number of rotatable bonds is 6. The van der Waals surface area contributed by atoms with Gasteiger partial charge in [0.05, 0.1) is 11.4 Å². The summed E-state index contributed by atoms with van der Waals surface area (Å²) in [6.45, 7) is 6.00. The van der Waals surface area contributed by atoms with Crippen LogP contribution in [0, 0.1) is 5.92 Å². The highest BCUT2D eigenvalue weighted by Gasteiger charge is 2.35. The molecule has 2 aromatic rings. The number of carbonyl (C=O) groups excluding carboxylic acids is 2. The van der Waals surface area contributed by atoms with Crippen LogP contribution in [0.3, 0.4) is 0 Å². The van der Waals surface area contributed by atoms with Crippen LogP contribution in [-0.4, -0.2) is 31.6 Å². The first kappa shape index (κ1) is 19.1. The van der Waals surface area contributed by atoms with Crippen LogP contribution < -0.4 is 15.5 Å². The van der Waals surface area contributed by atoms with E-state index in [1.807, 2.05) is 0 Å². The van der Waals surface area contributed by atoms with E-state index in [9.17, 15) is 9.59 Å². The summed E-state index contributed by atoms with van der Waals surface area (Å²) < 4.78 is 0. The van der Waals surface area contributed by atoms with E-state index in [0.717, 1.165) is 19.4 Å². The minimum absolute atomic E-state index is 0.180. The Hall–Kier alpha value is -1.70. The number of quaternary nitrogens is 1. The van der Waals surface area contributed by atoms with Crippen molar-refractivity contribution < 1.29 is 14.5 Å². The predicted octanol–water partition coefficient (Wildman–Crippen LogP) is 2.21. The lowest BCUT2D eigenvalue weighted by Gasteiger charge is -2.31. The van der Waals surface area contributed by atoms with Crippen LogP contribution in [0.15, 0.2) is 29.0 Å². The average molecular weight is 393 g/mol. The van der Waals surface area contributed by atoms with E-state index >= 15 is 0 Å². The van der Waals surface area contributed by atoms with E-state index in [0.29, 0.717) is 19.0 Å². The Morgan fingerprint density at radius 1 is 1.27 bits per heavy atom. The minimum atomic E-state index is -0.393. The molecule has 3 rings (SSSR count). The molecule has 1 aliphatic rings. The van der Waals surface area contributed by atoms with Gasteiger partial charge >= 0.3 is 6.03 Å². The van der Waals surface area contributed by atoms with Gasteiger partial charge in [0.25, 0.3) is 5.91 Å². The van der Waals surface area contributed by atoms with Crippen molar-refractivity contribution in [3.8, 4) is 0 Å². The quantitative estimate of drug-likeness (QED) is 0.706. The molecule has 3 heterocycles. The molecule has 0 aromatic carbocycles. The van der Waals surface area contributed by atoms with Gasteiger partial charge in [0.2, 0.25) is 0 Å². The van der Waals surface area contributed by atoms with E-state index < -0.39 is 6.03 Å². The third kappa shape index (κ3) is 4.72. The molecule has 3 N–H and O–H groups in total. The van der Waals surface area contributed by atoms with Gasteiger partial charge in [-0.3, -0.25) is 10.1 Å². The van der Waals surface area contributed by atoms with Crippen LogP contribution in [0.2, 0.25) is 0 Å². The summed E-state index contributed by atoms with van der Waals surface area (Å²) in [6, 6.07) is 6.16. The average Bonchev–Trinajstić information content (AvgIpc) is 3.25. The first-order valence-corrected chi connectivity index (χ1v) is 10.8. The van der Waals surface area contributed by atoms with E-state index in [-0.39, 0.29) is 11.9 Å². The Morgan fingerprint density at radius 3 is 2.85 bits per heavy atom. The second-order valence-electron chi connectivity index (χ2n) is 7.07. The molecule has 26 heavy (non-hydrogen) atoms. The van der Waals surface area contributed by atoms with Crippen LogP contribution >= 0.6 is 22.7 Å². The maximum atomic E-state index is 12.4. The summed E-state index contributed by atoms with van der Waals surface area (Å²) in [5.74, 6) is 0.303. The van der Waals surface area contributed by atoms with Crippen LogP contribution in [-0.2, 0) is 11.2 Å². The Kier molecular flexibility index (Phi) is 6.45. The van der Waals surface area contributed by atoms with Crippen molar-refractivity contribution in [3.63, 3.8) is 0 Å². The van der Waals surface area contributed by atoms with E-state index in [1.165, 1.54) is 20.2 Å².